The number of hydrogen-bond acceptors (Lipinski definition) is 6. The van der Waals surface area contributed by atoms with Crippen LogP contribution in [0.3, 0.4) is 0 Å². The van der Waals surface area contributed by atoms with Crippen LogP contribution in [0.5, 0.6) is 0 Å². The van der Waals surface area contributed by atoms with Crippen LogP contribution in [-0.4, -0.2) is 23.1 Å². The maximum absolute atomic E-state index is 13.7. The monoisotopic (exact) mass is 538 g/mol. The molecule has 0 radical (unpaired) electrons. The molecule has 6 heteroatoms. The fraction of sp³-hybridized carbons (Fsp3) is 0.143. The van der Waals surface area contributed by atoms with E-state index in [4.69, 9.17) is 0 Å². The molecule has 0 fully saturated rings. The molecule has 0 amide bonds. The quantitative estimate of drug-likeness (QED) is 0.149. The normalized spacial score (nSPS) is 10.9. The molecule has 0 heterocycles. The standard InChI is InChI=1S/C35H26N2O4/c36-23-35(24-37,21-29(31(38)25-13-5-1-6-14-25)32(39)26-15-7-2-8-16-26)22-30(33(40)27-17-9-3-10-18-27)34(41)28-19-11-4-12-20-28/h1-20,29-30H,21-22H2. The number of nitrogens with zero attached hydrogens (tertiary/aromatic N) is 2. The van der Waals surface area contributed by atoms with E-state index in [0.29, 0.717) is 0 Å². The van der Waals surface area contributed by atoms with Crippen molar-refractivity contribution in [3.8, 4) is 12.1 Å². The molecule has 4 aromatic rings. The molecule has 6 nitrogen and oxygen atoms in total. The van der Waals surface area contributed by atoms with Crippen LogP contribution in [0, 0.1) is 39.9 Å². The maximum Gasteiger partial charge on any atom is 0.173 e. The summed E-state index contributed by atoms with van der Waals surface area (Å²) in [6.07, 6.45) is -0.968. The van der Waals surface area contributed by atoms with Crippen molar-refractivity contribution in [2.75, 3.05) is 0 Å². The lowest BCUT2D eigenvalue weighted by molar-refractivity contribution is 0.0749. The molecular formula is C35H26N2O4. The lowest BCUT2D eigenvalue weighted by atomic mass is 9.69. The van der Waals surface area contributed by atoms with E-state index in [-0.39, 0.29) is 22.3 Å². The van der Waals surface area contributed by atoms with Crippen molar-refractivity contribution in [2.24, 2.45) is 17.3 Å². The number of nitriles is 2. The third kappa shape index (κ3) is 6.58. The summed E-state index contributed by atoms with van der Waals surface area (Å²) in [7, 11) is 0. The third-order valence-corrected chi connectivity index (χ3v) is 7.03. The SMILES string of the molecule is N#CC(C#N)(CC(C(=O)c1ccccc1)C(=O)c1ccccc1)CC(C(=O)c1ccccc1)C(=O)c1ccccc1. The van der Waals surface area contributed by atoms with Gasteiger partial charge in [-0.05, 0) is 12.8 Å². The van der Waals surface area contributed by atoms with E-state index in [1.165, 1.54) is 0 Å². The summed E-state index contributed by atoms with van der Waals surface area (Å²) in [5.41, 5.74) is -0.987. The van der Waals surface area contributed by atoms with Crippen molar-refractivity contribution < 1.29 is 19.2 Å². The van der Waals surface area contributed by atoms with Crippen LogP contribution in [0.1, 0.15) is 54.3 Å². The summed E-state index contributed by atoms with van der Waals surface area (Å²) in [5.74, 6) is -4.97. The van der Waals surface area contributed by atoms with Crippen molar-refractivity contribution in [3.63, 3.8) is 0 Å². The minimum atomic E-state index is -2.00. The van der Waals surface area contributed by atoms with E-state index in [2.05, 4.69) is 0 Å². The molecule has 41 heavy (non-hydrogen) atoms. The third-order valence-electron chi connectivity index (χ3n) is 7.03. The Bertz CT molecular complexity index is 1390. The highest BCUT2D eigenvalue weighted by atomic mass is 16.2. The zero-order valence-electron chi connectivity index (χ0n) is 22.1. The molecule has 200 valence electrons. The average Bonchev–Trinajstić information content (AvgIpc) is 3.05. The predicted molar refractivity (Wildman–Crippen MR) is 153 cm³/mol. The number of hydrogen-bond donors (Lipinski definition) is 0. The second kappa shape index (κ2) is 13.1. The van der Waals surface area contributed by atoms with Crippen molar-refractivity contribution >= 4 is 23.1 Å². The predicted octanol–water partition coefficient (Wildman–Crippen LogP) is 6.56. The van der Waals surface area contributed by atoms with Crippen LogP contribution in [0.2, 0.25) is 0 Å². The Hall–Kier alpha value is -5.46. The largest absolute Gasteiger partial charge is 0.293 e. The van der Waals surface area contributed by atoms with E-state index >= 15 is 0 Å². The molecule has 0 atom stereocenters. The van der Waals surface area contributed by atoms with Gasteiger partial charge in [-0.25, -0.2) is 0 Å². The Labute approximate surface area is 238 Å². The second-order valence-corrected chi connectivity index (χ2v) is 9.74. The first-order chi connectivity index (χ1) is 19.9. The van der Waals surface area contributed by atoms with Crippen LogP contribution in [0.25, 0.3) is 0 Å². The van der Waals surface area contributed by atoms with Gasteiger partial charge in [-0.3, -0.25) is 19.2 Å². The van der Waals surface area contributed by atoms with Crippen LogP contribution < -0.4 is 0 Å². The lowest BCUT2D eigenvalue weighted by Crippen LogP contribution is -2.36. The zero-order chi connectivity index (χ0) is 29.2. The average molecular weight is 539 g/mol. The molecule has 0 N–H and O–H groups in total. The van der Waals surface area contributed by atoms with Gasteiger partial charge in [0.15, 0.2) is 23.1 Å². The summed E-state index contributed by atoms with van der Waals surface area (Å²) >= 11 is 0. The van der Waals surface area contributed by atoms with E-state index in [0.717, 1.165) is 0 Å². The molecule has 0 bridgehead atoms. The van der Waals surface area contributed by atoms with Gasteiger partial charge >= 0.3 is 0 Å². The maximum atomic E-state index is 13.7. The number of Topliss-reactive ketones (excluding diaryl/α,β-unsaturated/α-hetero) is 4. The summed E-state index contributed by atoms with van der Waals surface area (Å²) in [5, 5.41) is 20.7. The summed E-state index contributed by atoms with van der Waals surface area (Å²) < 4.78 is 0. The van der Waals surface area contributed by atoms with Gasteiger partial charge in [0.2, 0.25) is 0 Å². The molecule has 0 aliphatic carbocycles. The first-order valence-electron chi connectivity index (χ1n) is 13.1. The first-order valence-corrected chi connectivity index (χ1v) is 13.1. The van der Waals surface area contributed by atoms with Crippen molar-refractivity contribution in [3.05, 3.63) is 144 Å². The topological polar surface area (TPSA) is 116 Å². The van der Waals surface area contributed by atoms with Gasteiger partial charge in [-0.15, -0.1) is 0 Å². The Morgan fingerprint density at radius 1 is 0.463 bits per heavy atom. The van der Waals surface area contributed by atoms with Crippen LogP contribution in [0.15, 0.2) is 121 Å². The number of carbonyl (C=O) groups excluding carboxylic acids is 4. The van der Waals surface area contributed by atoms with E-state index < -0.39 is 53.2 Å². The van der Waals surface area contributed by atoms with Crippen LogP contribution >= 0.6 is 0 Å². The molecule has 4 aromatic carbocycles. The number of benzene rings is 4. The molecule has 4 rings (SSSR count). The Balaban J connectivity index is 1.77. The van der Waals surface area contributed by atoms with E-state index in [1.54, 1.807) is 121 Å². The fourth-order valence-electron chi connectivity index (χ4n) is 4.81. The molecule has 0 aliphatic heterocycles. The Morgan fingerprint density at radius 2 is 0.683 bits per heavy atom. The minimum absolute atomic E-state index is 0.254. The van der Waals surface area contributed by atoms with E-state index in [1.807, 2.05) is 12.1 Å². The molecule has 0 saturated carbocycles. The van der Waals surface area contributed by atoms with Crippen LogP contribution in [0.4, 0.5) is 0 Å². The molecule has 0 spiro atoms. The summed E-state index contributed by atoms with van der Waals surface area (Å²) in [6, 6.07) is 36.7. The number of carbonyl (C=O) groups is 4. The summed E-state index contributed by atoms with van der Waals surface area (Å²) in [4.78, 5) is 54.8. The highest BCUT2D eigenvalue weighted by molar-refractivity contribution is 6.17. The van der Waals surface area contributed by atoms with Gasteiger partial charge in [0.25, 0.3) is 0 Å². The van der Waals surface area contributed by atoms with Gasteiger partial charge in [-0.2, -0.15) is 10.5 Å². The van der Waals surface area contributed by atoms with Gasteiger partial charge in [0.1, 0.15) is 5.41 Å². The highest BCUT2D eigenvalue weighted by Crippen LogP contribution is 2.37. The highest BCUT2D eigenvalue weighted by Gasteiger charge is 2.44. The van der Waals surface area contributed by atoms with Gasteiger partial charge in [0, 0.05) is 22.3 Å². The van der Waals surface area contributed by atoms with Gasteiger partial charge in [0.05, 0.1) is 24.0 Å². The zero-order valence-corrected chi connectivity index (χ0v) is 22.1. The second-order valence-electron chi connectivity index (χ2n) is 9.74. The Kier molecular flexibility index (Phi) is 9.09. The van der Waals surface area contributed by atoms with Crippen molar-refractivity contribution in [2.45, 2.75) is 12.8 Å². The van der Waals surface area contributed by atoms with Gasteiger partial charge < -0.3 is 0 Å². The molecule has 0 aliphatic rings. The molecule has 0 saturated heterocycles. The smallest absolute Gasteiger partial charge is 0.173 e. The molecule has 0 aromatic heterocycles. The lowest BCUT2D eigenvalue weighted by Gasteiger charge is -2.27. The van der Waals surface area contributed by atoms with Gasteiger partial charge in [-0.1, -0.05) is 121 Å². The van der Waals surface area contributed by atoms with E-state index in [9.17, 15) is 29.7 Å². The summed E-state index contributed by atoms with van der Waals surface area (Å²) in [6.45, 7) is 0. The van der Waals surface area contributed by atoms with Crippen molar-refractivity contribution in [1.82, 2.24) is 0 Å². The first kappa shape index (κ1) is 28.5. The fourth-order valence-corrected chi connectivity index (χ4v) is 4.81. The van der Waals surface area contributed by atoms with Crippen LogP contribution in [-0.2, 0) is 0 Å². The molecule has 0 unspecified atom stereocenters. The minimum Gasteiger partial charge on any atom is -0.293 e. The molecular weight excluding hydrogens is 512 g/mol. The number of ketones is 4. The Morgan fingerprint density at radius 3 is 0.878 bits per heavy atom. The number of rotatable bonds is 12. The van der Waals surface area contributed by atoms with Crippen molar-refractivity contribution in [1.29, 1.82) is 10.5 Å².